The molecule has 0 aromatic heterocycles. The number of allylic oxidation sites excluding steroid dienone is 6. The Morgan fingerprint density at radius 1 is 0.969 bits per heavy atom. The van der Waals surface area contributed by atoms with Crippen LogP contribution in [-0.4, -0.2) is 63.3 Å². The van der Waals surface area contributed by atoms with E-state index in [4.69, 9.17) is 9.47 Å². The minimum atomic E-state index is -1.48. The molecule has 6 heteroatoms. The lowest BCUT2D eigenvalue weighted by Gasteiger charge is -2.44. The fourth-order valence-electron chi connectivity index (χ4n) is 3.70. The van der Waals surface area contributed by atoms with E-state index in [0.717, 1.165) is 25.7 Å². The van der Waals surface area contributed by atoms with Crippen molar-refractivity contribution in [1.82, 2.24) is 0 Å². The van der Waals surface area contributed by atoms with Gasteiger partial charge in [0.15, 0.2) is 6.29 Å². The molecule has 0 aliphatic carbocycles. The molecular weight excluding hydrogens is 408 g/mol. The van der Waals surface area contributed by atoms with Crippen LogP contribution in [0, 0.1) is 5.92 Å². The normalized spacial score (nSPS) is 29.1. The molecule has 4 N–H and O–H groups in total. The zero-order valence-corrected chi connectivity index (χ0v) is 20.6. The zero-order valence-electron chi connectivity index (χ0n) is 20.6. The smallest absolute Gasteiger partial charge is 0.187 e. The van der Waals surface area contributed by atoms with Crippen molar-refractivity contribution in [2.75, 3.05) is 6.61 Å². The molecule has 32 heavy (non-hydrogen) atoms. The molecule has 1 fully saturated rings. The van der Waals surface area contributed by atoms with E-state index in [9.17, 15) is 20.4 Å². The predicted octanol–water partition coefficient (Wildman–Crippen LogP) is 3.80. The monoisotopic (exact) mass is 452 g/mol. The van der Waals surface area contributed by atoms with Crippen LogP contribution in [-0.2, 0) is 9.47 Å². The summed E-state index contributed by atoms with van der Waals surface area (Å²) in [6, 6.07) is 0. The van der Waals surface area contributed by atoms with E-state index in [0.29, 0.717) is 0 Å². The first-order valence-electron chi connectivity index (χ1n) is 11.5. The van der Waals surface area contributed by atoms with Crippen LogP contribution in [0.1, 0.15) is 67.2 Å². The third kappa shape index (κ3) is 8.58. The van der Waals surface area contributed by atoms with Gasteiger partial charge >= 0.3 is 0 Å². The fourth-order valence-corrected chi connectivity index (χ4v) is 3.70. The summed E-state index contributed by atoms with van der Waals surface area (Å²) >= 11 is 0. The summed E-state index contributed by atoms with van der Waals surface area (Å²) in [5.74, 6) is 0.000623. The van der Waals surface area contributed by atoms with Crippen molar-refractivity contribution < 1.29 is 29.9 Å². The van der Waals surface area contributed by atoms with Gasteiger partial charge in [-0.1, -0.05) is 41.0 Å². The summed E-state index contributed by atoms with van der Waals surface area (Å²) in [5, 5.41) is 40.1. The van der Waals surface area contributed by atoms with Gasteiger partial charge in [-0.05, 0) is 73.1 Å². The maximum atomic E-state index is 10.4. The lowest BCUT2D eigenvalue weighted by Crippen LogP contribution is -2.61. The Kier molecular flexibility index (Phi) is 12.1. The Labute approximate surface area is 194 Å². The van der Waals surface area contributed by atoms with E-state index in [2.05, 4.69) is 45.6 Å². The molecule has 1 saturated heterocycles. The topological polar surface area (TPSA) is 99.4 Å². The SMILES string of the molecule is C=CC(C)(OC1O[C@H](CO)[C@@H](O)[C@H](O)[C@H]1O)C(CC=C(C)C)C/C=C(\C)CCC=C(C)C. The highest BCUT2D eigenvalue weighted by molar-refractivity contribution is 5.09. The molecule has 0 radical (unpaired) electrons. The highest BCUT2D eigenvalue weighted by Gasteiger charge is 2.47. The van der Waals surface area contributed by atoms with E-state index < -0.39 is 42.9 Å². The summed E-state index contributed by atoms with van der Waals surface area (Å²) in [4.78, 5) is 0. The highest BCUT2D eigenvalue weighted by atomic mass is 16.7. The highest BCUT2D eigenvalue weighted by Crippen LogP contribution is 2.35. The van der Waals surface area contributed by atoms with Crippen LogP contribution in [0.15, 0.2) is 47.6 Å². The van der Waals surface area contributed by atoms with Crippen molar-refractivity contribution in [2.24, 2.45) is 5.92 Å². The first-order valence-corrected chi connectivity index (χ1v) is 11.5. The van der Waals surface area contributed by atoms with Gasteiger partial charge in [-0.15, -0.1) is 6.58 Å². The molecule has 1 rings (SSSR count). The number of aliphatic hydroxyl groups excluding tert-OH is 4. The quantitative estimate of drug-likeness (QED) is 0.336. The van der Waals surface area contributed by atoms with E-state index in [1.54, 1.807) is 6.08 Å². The minimum Gasteiger partial charge on any atom is -0.394 e. The molecule has 0 amide bonds. The van der Waals surface area contributed by atoms with Crippen LogP contribution in [0.25, 0.3) is 0 Å². The molecule has 184 valence electrons. The van der Waals surface area contributed by atoms with Crippen molar-refractivity contribution in [2.45, 2.75) is 104 Å². The lowest BCUT2D eigenvalue weighted by atomic mass is 9.82. The molecule has 1 heterocycles. The molecule has 0 aromatic rings. The Bertz CT molecular complexity index is 672. The van der Waals surface area contributed by atoms with Crippen molar-refractivity contribution in [3.63, 3.8) is 0 Å². The number of ether oxygens (including phenoxy) is 2. The average Bonchev–Trinajstić information content (AvgIpc) is 2.73. The van der Waals surface area contributed by atoms with Crippen molar-refractivity contribution >= 4 is 0 Å². The number of hydrogen-bond donors (Lipinski definition) is 4. The van der Waals surface area contributed by atoms with Gasteiger partial charge in [0.05, 0.1) is 12.2 Å². The van der Waals surface area contributed by atoms with Crippen LogP contribution in [0.3, 0.4) is 0 Å². The van der Waals surface area contributed by atoms with Crippen molar-refractivity contribution in [1.29, 1.82) is 0 Å². The maximum Gasteiger partial charge on any atom is 0.187 e. The average molecular weight is 453 g/mol. The lowest BCUT2D eigenvalue weighted by molar-refractivity contribution is -0.324. The van der Waals surface area contributed by atoms with Gasteiger partial charge in [0.2, 0.25) is 0 Å². The van der Waals surface area contributed by atoms with Gasteiger partial charge < -0.3 is 29.9 Å². The molecule has 3 unspecified atom stereocenters. The molecule has 7 atom stereocenters. The Morgan fingerprint density at radius 2 is 1.56 bits per heavy atom. The van der Waals surface area contributed by atoms with Crippen LogP contribution in [0.2, 0.25) is 0 Å². The Morgan fingerprint density at radius 3 is 2.09 bits per heavy atom. The summed E-state index contributed by atoms with van der Waals surface area (Å²) < 4.78 is 11.8. The molecular formula is C26H44O6. The second-order valence-corrected chi connectivity index (χ2v) is 9.52. The minimum absolute atomic E-state index is 0.000623. The standard InChI is InChI=1S/C26H44O6/c1-8-26(7,32-25-24(30)23(29)22(28)21(16-27)31-25)20(14-12-18(4)5)15-13-19(6)11-9-10-17(2)3/h8,10,12-13,20-25,27-30H,1,9,11,14-16H2,2-7H3/b19-13+/t20?,21-,22-,23+,24-,25?,26?/m1/s1. The molecule has 0 aromatic carbocycles. The fraction of sp³-hybridized carbons (Fsp3) is 0.692. The van der Waals surface area contributed by atoms with Crippen molar-refractivity contribution in [3.05, 3.63) is 47.6 Å². The largest absolute Gasteiger partial charge is 0.394 e. The first-order chi connectivity index (χ1) is 14.9. The van der Waals surface area contributed by atoms with Gasteiger partial charge in [0, 0.05) is 0 Å². The summed E-state index contributed by atoms with van der Waals surface area (Å²) in [5.41, 5.74) is 2.92. The Hall–Kier alpha value is -1.28. The molecule has 6 nitrogen and oxygen atoms in total. The van der Waals surface area contributed by atoms with E-state index in [-0.39, 0.29) is 5.92 Å². The van der Waals surface area contributed by atoms with Crippen LogP contribution >= 0.6 is 0 Å². The molecule has 0 spiro atoms. The third-order valence-corrected chi connectivity index (χ3v) is 6.09. The molecule has 0 bridgehead atoms. The third-order valence-electron chi connectivity index (χ3n) is 6.09. The number of aliphatic hydroxyl groups is 4. The van der Waals surface area contributed by atoms with Crippen LogP contribution in [0.5, 0.6) is 0 Å². The molecule has 1 aliphatic heterocycles. The van der Waals surface area contributed by atoms with Gasteiger partial charge in [0.1, 0.15) is 24.4 Å². The second-order valence-electron chi connectivity index (χ2n) is 9.52. The predicted molar refractivity (Wildman–Crippen MR) is 128 cm³/mol. The van der Waals surface area contributed by atoms with Gasteiger partial charge in [-0.2, -0.15) is 0 Å². The zero-order chi connectivity index (χ0) is 24.5. The van der Waals surface area contributed by atoms with E-state index in [1.165, 1.54) is 16.7 Å². The number of hydrogen-bond acceptors (Lipinski definition) is 6. The Balaban J connectivity index is 3.06. The van der Waals surface area contributed by atoms with Gasteiger partial charge in [-0.25, -0.2) is 0 Å². The summed E-state index contributed by atoms with van der Waals surface area (Å²) in [6.45, 7) is 15.8. The molecule has 1 aliphatic rings. The second kappa shape index (κ2) is 13.4. The van der Waals surface area contributed by atoms with E-state index >= 15 is 0 Å². The van der Waals surface area contributed by atoms with E-state index in [1.807, 2.05) is 20.8 Å². The number of rotatable bonds is 12. The summed E-state index contributed by atoms with van der Waals surface area (Å²) in [6.07, 6.45) is 5.20. The van der Waals surface area contributed by atoms with Crippen molar-refractivity contribution in [3.8, 4) is 0 Å². The van der Waals surface area contributed by atoms with Crippen LogP contribution < -0.4 is 0 Å². The summed E-state index contributed by atoms with van der Waals surface area (Å²) in [7, 11) is 0. The van der Waals surface area contributed by atoms with Gasteiger partial charge in [-0.3, -0.25) is 0 Å². The van der Waals surface area contributed by atoms with Gasteiger partial charge in [0.25, 0.3) is 0 Å². The molecule has 0 saturated carbocycles. The maximum absolute atomic E-state index is 10.4. The first kappa shape index (κ1) is 28.8. The van der Waals surface area contributed by atoms with Crippen LogP contribution in [0.4, 0.5) is 0 Å².